The molecule has 0 N–H and O–H groups in total. The molecular formula is C29H32N2O2. The Labute approximate surface area is 196 Å². The van der Waals surface area contributed by atoms with E-state index in [0.29, 0.717) is 30.0 Å². The Balaban J connectivity index is 1.28. The maximum atomic E-state index is 13.2. The molecule has 4 heteroatoms. The number of fused-ring (bicyclic) bond motifs is 2. The number of rotatable bonds is 7. The van der Waals surface area contributed by atoms with Crippen LogP contribution in [0.1, 0.15) is 24.0 Å². The highest BCUT2D eigenvalue weighted by Crippen LogP contribution is 2.43. The zero-order valence-electron chi connectivity index (χ0n) is 19.1. The standard InChI is InChI=1S/C29H32N2O2/c32-29(33-27-14-8-3-9-15-27)31(19-24-12-6-2-7-13-24)22-28-25-16-17-26(28)21-30(20-25)18-23-10-4-1-5-11-23/h1-15,25-26,28H,16-22H2. The van der Waals surface area contributed by atoms with E-state index in [2.05, 4.69) is 47.4 Å². The summed E-state index contributed by atoms with van der Waals surface area (Å²) in [6, 6.07) is 30.4. The van der Waals surface area contributed by atoms with Gasteiger partial charge in [-0.05, 0) is 53.9 Å². The van der Waals surface area contributed by atoms with E-state index in [1.165, 1.54) is 18.4 Å². The molecule has 0 radical (unpaired) electrons. The number of hydrogen-bond acceptors (Lipinski definition) is 3. The third-order valence-corrected chi connectivity index (χ3v) is 7.21. The molecule has 3 aromatic rings. The quantitative estimate of drug-likeness (QED) is 0.462. The van der Waals surface area contributed by atoms with Crippen LogP contribution < -0.4 is 4.74 Å². The monoisotopic (exact) mass is 440 g/mol. The topological polar surface area (TPSA) is 32.8 Å². The number of likely N-dealkylation sites (tertiary alicyclic amines) is 1. The number of nitrogens with zero attached hydrogens (tertiary/aromatic N) is 2. The zero-order valence-corrected chi connectivity index (χ0v) is 19.1. The van der Waals surface area contributed by atoms with Gasteiger partial charge in [-0.25, -0.2) is 4.79 Å². The Hall–Kier alpha value is -3.11. The van der Waals surface area contributed by atoms with Crippen LogP contribution in [-0.2, 0) is 13.1 Å². The summed E-state index contributed by atoms with van der Waals surface area (Å²) >= 11 is 0. The molecule has 0 spiro atoms. The first-order valence-electron chi connectivity index (χ1n) is 12.1. The minimum atomic E-state index is -0.254. The number of para-hydroxylation sites is 1. The van der Waals surface area contributed by atoms with Crippen molar-refractivity contribution < 1.29 is 9.53 Å². The smallest absolute Gasteiger partial charge is 0.410 e. The van der Waals surface area contributed by atoms with Gasteiger partial charge in [0.1, 0.15) is 5.75 Å². The zero-order chi connectivity index (χ0) is 22.5. The van der Waals surface area contributed by atoms with E-state index in [-0.39, 0.29) is 6.09 Å². The van der Waals surface area contributed by atoms with Crippen LogP contribution >= 0.6 is 0 Å². The highest BCUT2D eigenvalue weighted by Gasteiger charge is 2.43. The fraction of sp³-hybridized carbons (Fsp3) is 0.345. The summed E-state index contributed by atoms with van der Waals surface area (Å²) in [7, 11) is 0. The molecule has 1 saturated heterocycles. The van der Waals surface area contributed by atoms with Gasteiger partial charge in [0.05, 0.1) is 0 Å². The van der Waals surface area contributed by atoms with E-state index in [1.54, 1.807) is 0 Å². The highest BCUT2D eigenvalue weighted by atomic mass is 16.6. The van der Waals surface area contributed by atoms with Crippen LogP contribution in [0.15, 0.2) is 91.0 Å². The average Bonchev–Trinajstić information content (AvgIpc) is 3.08. The first-order valence-corrected chi connectivity index (χ1v) is 12.1. The third-order valence-electron chi connectivity index (χ3n) is 7.21. The van der Waals surface area contributed by atoms with Crippen molar-refractivity contribution in [2.45, 2.75) is 25.9 Å². The lowest BCUT2D eigenvalue weighted by atomic mass is 9.84. The molecular weight excluding hydrogens is 408 g/mol. The first-order chi connectivity index (χ1) is 16.2. The van der Waals surface area contributed by atoms with Gasteiger partial charge in [-0.1, -0.05) is 78.9 Å². The molecule has 1 aliphatic carbocycles. The molecule has 2 aliphatic rings. The summed E-state index contributed by atoms with van der Waals surface area (Å²) in [5.74, 6) is 2.40. The lowest BCUT2D eigenvalue weighted by Gasteiger charge is -2.40. The highest BCUT2D eigenvalue weighted by molar-refractivity contribution is 5.70. The Morgan fingerprint density at radius 2 is 1.33 bits per heavy atom. The molecule has 2 bridgehead atoms. The Kier molecular flexibility index (Phi) is 6.73. The SMILES string of the molecule is O=C(Oc1ccccc1)N(Cc1ccccc1)CC1C2CCC1CN(Cc1ccccc1)C2. The van der Waals surface area contributed by atoms with E-state index in [1.807, 2.05) is 53.4 Å². The van der Waals surface area contributed by atoms with Gasteiger partial charge in [0, 0.05) is 32.7 Å². The Bertz CT molecular complexity index is 1010. The lowest BCUT2D eigenvalue weighted by Crippen LogP contribution is -2.47. The number of carbonyl (C=O) groups is 1. The van der Waals surface area contributed by atoms with Crippen molar-refractivity contribution in [1.82, 2.24) is 9.80 Å². The molecule has 5 rings (SSSR count). The fourth-order valence-corrected chi connectivity index (χ4v) is 5.62. The molecule has 1 saturated carbocycles. The number of benzene rings is 3. The molecule has 1 amide bonds. The van der Waals surface area contributed by atoms with Gasteiger partial charge < -0.3 is 9.64 Å². The van der Waals surface area contributed by atoms with Gasteiger partial charge in [0.2, 0.25) is 0 Å². The van der Waals surface area contributed by atoms with Crippen LogP contribution in [0.5, 0.6) is 5.75 Å². The first kappa shape index (κ1) is 21.7. The minimum absolute atomic E-state index is 0.254. The van der Waals surface area contributed by atoms with E-state index in [9.17, 15) is 4.79 Å². The van der Waals surface area contributed by atoms with Gasteiger partial charge in [0.15, 0.2) is 0 Å². The van der Waals surface area contributed by atoms with Crippen molar-refractivity contribution in [2.24, 2.45) is 17.8 Å². The average molecular weight is 441 g/mol. The van der Waals surface area contributed by atoms with Crippen molar-refractivity contribution in [2.75, 3.05) is 19.6 Å². The molecule has 170 valence electrons. The predicted molar refractivity (Wildman–Crippen MR) is 131 cm³/mol. The van der Waals surface area contributed by atoms with Crippen molar-refractivity contribution in [3.05, 3.63) is 102 Å². The third kappa shape index (κ3) is 5.45. The summed E-state index contributed by atoms with van der Waals surface area (Å²) in [6.07, 6.45) is 2.26. The number of ether oxygens (including phenoxy) is 1. The van der Waals surface area contributed by atoms with E-state index in [0.717, 1.165) is 31.7 Å². The summed E-state index contributed by atoms with van der Waals surface area (Å²) < 4.78 is 5.76. The van der Waals surface area contributed by atoms with Gasteiger partial charge in [-0.15, -0.1) is 0 Å². The largest absolute Gasteiger partial charge is 0.415 e. The van der Waals surface area contributed by atoms with Crippen molar-refractivity contribution in [3.63, 3.8) is 0 Å². The Morgan fingerprint density at radius 1 is 0.788 bits per heavy atom. The molecule has 2 unspecified atom stereocenters. The van der Waals surface area contributed by atoms with Gasteiger partial charge in [-0.2, -0.15) is 0 Å². The predicted octanol–water partition coefficient (Wildman–Crippen LogP) is 5.85. The van der Waals surface area contributed by atoms with Crippen LogP contribution in [0.25, 0.3) is 0 Å². The molecule has 3 aromatic carbocycles. The number of piperidine rings is 1. The number of amides is 1. The van der Waals surface area contributed by atoms with Crippen molar-refractivity contribution >= 4 is 6.09 Å². The molecule has 1 heterocycles. The van der Waals surface area contributed by atoms with Gasteiger partial charge in [-0.3, -0.25) is 4.90 Å². The Morgan fingerprint density at radius 3 is 1.94 bits per heavy atom. The minimum Gasteiger partial charge on any atom is -0.410 e. The molecule has 2 fully saturated rings. The second kappa shape index (κ2) is 10.2. The van der Waals surface area contributed by atoms with Crippen molar-refractivity contribution in [1.29, 1.82) is 0 Å². The summed E-state index contributed by atoms with van der Waals surface area (Å²) in [5, 5.41) is 0. The molecule has 33 heavy (non-hydrogen) atoms. The molecule has 2 atom stereocenters. The molecule has 4 nitrogen and oxygen atoms in total. The summed E-state index contributed by atoms with van der Waals surface area (Å²) in [6.45, 7) is 4.58. The number of carbonyl (C=O) groups excluding carboxylic acids is 1. The van der Waals surface area contributed by atoms with E-state index in [4.69, 9.17) is 4.74 Å². The lowest BCUT2D eigenvalue weighted by molar-refractivity contribution is 0.0711. The molecule has 0 aromatic heterocycles. The van der Waals surface area contributed by atoms with Crippen LogP contribution in [0, 0.1) is 17.8 Å². The second-order valence-electron chi connectivity index (χ2n) is 9.49. The molecule has 1 aliphatic heterocycles. The van der Waals surface area contributed by atoms with Crippen LogP contribution in [-0.4, -0.2) is 35.5 Å². The van der Waals surface area contributed by atoms with Gasteiger partial charge >= 0.3 is 6.09 Å². The van der Waals surface area contributed by atoms with Crippen molar-refractivity contribution in [3.8, 4) is 5.75 Å². The van der Waals surface area contributed by atoms with Crippen LogP contribution in [0.2, 0.25) is 0 Å². The maximum Gasteiger partial charge on any atom is 0.415 e. The van der Waals surface area contributed by atoms with E-state index >= 15 is 0 Å². The second-order valence-corrected chi connectivity index (χ2v) is 9.49. The van der Waals surface area contributed by atoms with Crippen LogP contribution in [0.3, 0.4) is 0 Å². The van der Waals surface area contributed by atoms with Gasteiger partial charge in [0.25, 0.3) is 0 Å². The number of hydrogen-bond donors (Lipinski definition) is 0. The normalized spacial score (nSPS) is 22.1. The summed E-state index contributed by atoms with van der Waals surface area (Å²) in [5.41, 5.74) is 2.52. The fourth-order valence-electron chi connectivity index (χ4n) is 5.62. The maximum absolute atomic E-state index is 13.2. The summed E-state index contributed by atoms with van der Waals surface area (Å²) in [4.78, 5) is 17.8. The van der Waals surface area contributed by atoms with Crippen LogP contribution in [0.4, 0.5) is 4.79 Å². The van der Waals surface area contributed by atoms with E-state index < -0.39 is 0 Å².